The summed E-state index contributed by atoms with van der Waals surface area (Å²) in [5.74, 6) is 0.285. The van der Waals surface area contributed by atoms with Crippen LogP contribution in [0, 0.1) is 6.92 Å². The maximum Gasteiger partial charge on any atom is 0.243 e. The van der Waals surface area contributed by atoms with E-state index >= 15 is 0 Å². The summed E-state index contributed by atoms with van der Waals surface area (Å²) in [6, 6.07) is 12.2. The molecule has 0 aliphatic rings. The lowest BCUT2D eigenvalue weighted by molar-refractivity contribution is -0.125. The van der Waals surface area contributed by atoms with E-state index in [2.05, 4.69) is 15.4 Å². The molecule has 2 amide bonds. The van der Waals surface area contributed by atoms with Gasteiger partial charge in [0.15, 0.2) is 0 Å². The van der Waals surface area contributed by atoms with Crippen LogP contribution in [0.3, 0.4) is 0 Å². The van der Waals surface area contributed by atoms with Gasteiger partial charge in [-0.15, -0.1) is 0 Å². The number of benzene rings is 2. The van der Waals surface area contributed by atoms with Crippen molar-refractivity contribution in [3.05, 3.63) is 54.1 Å². The molecular formula is C22H29N3O5S2. The summed E-state index contributed by atoms with van der Waals surface area (Å²) in [4.78, 5) is 24.9. The molecule has 3 N–H and O–H groups in total. The molecule has 1 atom stereocenters. The van der Waals surface area contributed by atoms with E-state index in [-0.39, 0.29) is 11.4 Å². The van der Waals surface area contributed by atoms with E-state index in [0.717, 1.165) is 5.56 Å². The van der Waals surface area contributed by atoms with Crippen molar-refractivity contribution in [2.24, 2.45) is 0 Å². The molecule has 0 spiro atoms. The first-order chi connectivity index (χ1) is 15.2. The van der Waals surface area contributed by atoms with Crippen molar-refractivity contribution in [1.29, 1.82) is 0 Å². The lowest BCUT2D eigenvalue weighted by Crippen LogP contribution is -2.48. The van der Waals surface area contributed by atoms with E-state index in [1.54, 1.807) is 36.4 Å². The normalized spacial score (nSPS) is 12.1. The smallest absolute Gasteiger partial charge is 0.243 e. The van der Waals surface area contributed by atoms with E-state index in [1.807, 2.05) is 20.1 Å². The summed E-state index contributed by atoms with van der Waals surface area (Å²) in [6.07, 6.45) is 2.16. The van der Waals surface area contributed by atoms with E-state index in [0.29, 0.717) is 30.2 Å². The molecule has 0 radical (unpaired) electrons. The quantitative estimate of drug-likeness (QED) is 0.431. The molecule has 0 fully saturated rings. The van der Waals surface area contributed by atoms with Gasteiger partial charge in [-0.25, -0.2) is 8.42 Å². The number of anilines is 1. The summed E-state index contributed by atoms with van der Waals surface area (Å²) in [7, 11) is -3.88. The van der Waals surface area contributed by atoms with Gasteiger partial charge in [0.25, 0.3) is 0 Å². The highest BCUT2D eigenvalue weighted by molar-refractivity contribution is 7.98. The Morgan fingerprint density at radius 1 is 1.06 bits per heavy atom. The molecule has 2 aromatic carbocycles. The zero-order chi connectivity index (χ0) is 23.6. The third kappa shape index (κ3) is 8.18. The van der Waals surface area contributed by atoms with Crippen molar-refractivity contribution >= 4 is 39.3 Å². The molecule has 1 unspecified atom stereocenters. The molecule has 0 bridgehead atoms. The van der Waals surface area contributed by atoms with Crippen molar-refractivity contribution in [1.82, 2.24) is 10.0 Å². The Balaban J connectivity index is 1.96. The topological polar surface area (TPSA) is 114 Å². The lowest BCUT2D eigenvalue weighted by atomic mass is 10.2. The van der Waals surface area contributed by atoms with Crippen LogP contribution in [0.5, 0.6) is 5.75 Å². The van der Waals surface area contributed by atoms with E-state index < -0.39 is 27.9 Å². The van der Waals surface area contributed by atoms with Gasteiger partial charge in [-0.2, -0.15) is 16.5 Å². The highest BCUT2D eigenvalue weighted by Crippen LogP contribution is 2.15. The predicted octanol–water partition coefficient (Wildman–Crippen LogP) is 2.55. The van der Waals surface area contributed by atoms with Crippen LogP contribution < -0.4 is 20.1 Å². The number of carbonyl (C=O) groups is 2. The van der Waals surface area contributed by atoms with Crippen LogP contribution >= 0.6 is 11.8 Å². The van der Waals surface area contributed by atoms with Crippen LogP contribution in [0.1, 0.15) is 18.9 Å². The molecule has 0 heterocycles. The Morgan fingerprint density at radius 3 is 2.31 bits per heavy atom. The van der Waals surface area contributed by atoms with E-state index in [4.69, 9.17) is 4.74 Å². The average Bonchev–Trinajstić information content (AvgIpc) is 2.76. The van der Waals surface area contributed by atoms with Crippen LogP contribution in [0.15, 0.2) is 53.4 Å². The second-order valence-corrected chi connectivity index (χ2v) is 9.69. The standard InChI is InChI=1S/C22H29N3O5S2/c1-4-30-18-9-7-17(8-10-18)24-21(26)15-23-22(27)20(13-14-31-3)25-32(28,29)19-11-5-16(2)6-12-19/h5-12,20,25H,4,13-15H2,1-3H3,(H,23,27)(H,24,26). The minimum Gasteiger partial charge on any atom is -0.494 e. The Morgan fingerprint density at radius 2 is 1.72 bits per heavy atom. The van der Waals surface area contributed by atoms with Gasteiger partial charge in [0, 0.05) is 5.69 Å². The summed E-state index contributed by atoms with van der Waals surface area (Å²) in [6.45, 7) is 4.00. The van der Waals surface area contributed by atoms with Crippen molar-refractivity contribution < 1.29 is 22.7 Å². The molecule has 174 valence electrons. The van der Waals surface area contributed by atoms with E-state index in [9.17, 15) is 18.0 Å². The zero-order valence-electron chi connectivity index (χ0n) is 18.4. The van der Waals surface area contributed by atoms with Gasteiger partial charge in [0.2, 0.25) is 21.8 Å². The first kappa shape index (κ1) is 25.7. The highest BCUT2D eigenvalue weighted by Gasteiger charge is 2.25. The lowest BCUT2D eigenvalue weighted by Gasteiger charge is -2.18. The summed E-state index contributed by atoms with van der Waals surface area (Å²) in [5.41, 5.74) is 1.49. The Bertz CT molecular complexity index is 993. The van der Waals surface area contributed by atoms with Crippen molar-refractivity contribution in [3.8, 4) is 5.75 Å². The number of thioether (sulfide) groups is 1. The van der Waals surface area contributed by atoms with Crippen LogP contribution in [0.4, 0.5) is 5.69 Å². The summed E-state index contributed by atoms with van der Waals surface area (Å²) >= 11 is 1.50. The molecule has 0 saturated heterocycles. The number of hydrogen-bond acceptors (Lipinski definition) is 6. The number of hydrogen-bond donors (Lipinski definition) is 3. The van der Waals surface area contributed by atoms with Gasteiger partial charge in [0.1, 0.15) is 11.8 Å². The maximum atomic E-state index is 12.7. The Labute approximate surface area is 193 Å². The molecule has 2 rings (SSSR count). The number of ether oxygens (including phenoxy) is 1. The van der Waals surface area contributed by atoms with E-state index in [1.165, 1.54) is 23.9 Å². The van der Waals surface area contributed by atoms with Gasteiger partial charge in [0.05, 0.1) is 18.0 Å². The second-order valence-electron chi connectivity index (χ2n) is 6.99. The molecule has 0 aliphatic carbocycles. The number of aryl methyl sites for hydroxylation is 1. The molecular weight excluding hydrogens is 450 g/mol. The number of nitrogens with one attached hydrogen (secondary N) is 3. The van der Waals surface area contributed by atoms with Gasteiger partial charge < -0.3 is 15.4 Å². The predicted molar refractivity (Wildman–Crippen MR) is 128 cm³/mol. The monoisotopic (exact) mass is 479 g/mol. The molecule has 0 saturated carbocycles. The molecule has 8 nitrogen and oxygen atoms in total. The largest absolute Gasteiger partial charge is 0.494 e. The molecule has 0 aromatic heterocycles. The fourth-order valence-electron chi connectivity index (χ4n) is 2.75. The summed E-state index contributed by atoms with van der Waals surface area (Å²) < 4.78 is 33.2. The minimum absolute atomic E-state index is 0.0818. The van der Waals surface area contributed by atoms with Gasteiger partial charge in [-0.05, 0) is 68.7 Å². The third-order valence-corrected chi connectivity index (χ3v) is 6.56. The van der Waals surface area contributed by atoms with Gasteiger partial charge >= 0.3 is 0 Å². The number of amides is 2. The molecule has 32 heavy (non-hydrogen) atoms. The van der Waals surface area contributed by atoms with Crippen molar-refractivity contribution in [2.75, 3.05) is 30.5 Å². The van der Waals surface area contributed by atoms with Crippen LogP contribution in [0.2, 0.25) is 0 Å². The van der Waals surface area contributed by atoms with Crippen LogP contribution in [-0.2, 0) is 19.6 Å². The summed E-state index contributed by atoms with van der Waals surface area (Å²) in [5, 5.41) is 5.19. The van der Waals surface area contributed by atoms with Gasteiger partial charge in [-0.3, -0.25) is 9.59 Å². The molecule has 10 heteroatoms. The Kier molecular flexibility index (Phi) is 10.0. The Hall–Kier alpha value is -2.56. The second kappa shape index (κ2) is 12.5. The average molecular weight is 480 g/mol. The molecule has 2 aromatic rings. The van der Waals surface area contributed by atoms with Crippen molar-refractivity contribution in [2.45, 2.75) is 31.2 Å². The third-order valence-electron chi connectivity index (χ3n) is 4.43. The maximum absolute atomic E-state index is 12.7. The minimum atomic E-state index is -3.88. The number of carbonyl (C=O) groups excluding carboxylic acids is 2. The van der Waals surface area contributed by atoms with Gasteiger partial charge in [-0.1, -0.05) is 17.7 Å². The van der Waals surface area contributed by atoms with Crippen molar-refractivity contribution in [3.63, 3.8) is 0 Å². The highest BCUT2D eigenvalue weighted by atomic mass is 32.2. The first-order valence-corrected chi connectivity index (χ1v) is 13.0. The fraction of sp³-hybridized carbons (Fsp3) is 0.364. The number of sulfonamides is 1. The molecule has 0 aliphatic heterocycles. The SMILES string of the molecule is CCOc1ccc(NC(=O)CNC(=O)C(CCSC)NS(=O)(=O)c2ccc(C)cc2)cc1. The first-order valence-electron chi connectivity index (χ1n) is 10.1. The zero-order valence-corrected chi connectivity index (χ0v) is 20.0. The van der Waals surface area contributed by atoms with Crippen LogP contribution in [0.25, 0.3) is 0 Å². The fourth-order valence-corrected chi connectivity index (χ4v) is 4.45. The van der Waals surface area contributed by atoms with Crippen LogP contribution in [-0.4, -0.2) is 51.4 Å². The number of rotatable bonds is 12.